The van der Waals surface area contributed by atoms with E-state index in [2.05, 4.69) is 99.8 Å². The molecule has 0 fully saturated rings. The molecule has 4 heterocycles. The minimum Gasteiger partial charge on any atom is -0.381 e. The average Bonchev–Trinajstić information content (AvgIpc) is 3.64. The van der Waals surface area contributed by atoms with E-state index in [4.69, 9.17) is 0 Å². The molecular weight excluding hydrogens is 648 g/mol. The number of hydrogen-bond donors (Lipinski definition) is 0. The molecule has 0 radical (unpaired) electrons. The second-order valence-electron chi connectivity index (χ2n) is 9.49. The molecule has 6 aromatic rings. The van der Waals surface area contributed by atoms with Crippen LogP contribution < -0.4 is 15.7 Å². The SMILES string of the molecule is Cn1ccnc1-c1[c-]c2c(cc1)-c1ccccc1N1B2c2[c-]c(-n3cccn3)ccc2-c2ccccc21.[Pt+2]. The number of nitrogens with zero attached hydrogens (tertiary/aromatic N) is 5. The van der Waals surface area contributed by atoms with Gasteiger partial charge in [0.2, 0.25) is 0 Å². The van der Waals surface area contributed by atoms with Crippen molar-refractivity contribution in [3.63, 3.8) is 0 Å². The molecule has 4 aromatic carbocycles. The topological polar surface area (TPSA) is 38.9 Å². The van der Waals surface area contributed by atoms with Crippen molar-refractivity contribution in [2.24, 2.45) is 7.05 Å². The van der Waals surface area contributed by atoms with E-state index in [0.717, 1.165) is 28.0 Å². The van der Waals surface area contributed by atoms with Crippen LogP contribution in [0.1, 0.15) is 0 Å². The van der Waals surface area contributed by atoms with E-state index in [1.807, 2.05) is 41.0 Å². The zero-order chi connectivity index (χ0) is 24.5. The minimum absolute atomic E-state index is 0. The Morgan fingerprint density at radius 3 is 2.03 bits per heavy atom. The third-order valence-corrected chi connectivity index (χ3v) is 7.46. The molecule has 0 saturated carbocycles. The number of benzene rings is 4. The van der Waals surface area contributed by atoms with Crippen LogP contribution in [0, 0.1) is 12.1 Å². The minimum atomic E-state index is -0.0921. The predicted molar refractivity (Wildman–Crippen MR) is 148 cm³/mol. The Balaban J connectivity index is 0.00000242. The zero-order valence-electron chi connectivity index (χ0n) is 20.4. The first-order chi connectivity index (χ1) is 18.3. The van der Waals surface area contributed by atoms with E-state index in [1.54, 1.807) is 6.20 Å². The van der Waals surface area contributed by atoms with Crippen molar-refractivity contribution in [3.05, 3.63) is 116 Å². The normalized spacial score (nSPS) is 12.6. The van der Waals surface area contributed by atoms with Crippen LogP contribution in [0.3, 0.4) is 0 Å². The van der Waals surface area contributed by atoms with Gasteiger partial charge in [-0.15, -0.1) is 46.4 Å². The van der Waals surface area contributed by atoms with Gasteiger partial charge >= 0.3 is 21.1 Å². The van der Waals surface area contributed by atoms with Gasteiger partial charge in [-0.05, 0) is 29.4 Å². The van der Waals surface area contributed by atoms with E-state index in [0.29, 0.717) is 0 Å². The number of imidazole rings is 1. The maximum absolute atomic E-state index is 4.61. The van der Waals surface area contributed by atoms with Crippen LogP contribution in [0.15, 0.2) is 104 Å². The Kier molecular flexibility index (Phi) is 5.27. The number of rotatable bonds is 2. The van der Waals surface area contributed by atoms with Gasteiger partial charge in [0.25, 0.3) is 6.85 Å². The van der Waals surface area contributed by atoms with Crippen LogP contribution in [-0.4, -0.2) is 26.2 Å². The van der Waals surface area contributed by atoms with Gasteiger partial charge in [-0.3, -0.25) is 9.67 Å². The number of fused-ring (bicyclic) bond motifs is 11. The molecule has 0 saturated heterocycles. The van der Waals surface area contributed by atoms with E-state index >= 15 is 0 Å². The standard InChI is InChI=1S/C31H20BN5.Pt/c1-35-18-16-33-31(35)21-11-13-23-25-7-2-4-9-29(25)37-30-10-5-3-8-26(30)24-14-12-22(36-17-6-15-34-36)20-28(24)32(37)27(23)19-21;/h2-18H,1H3;/q-2;+2. The van der Waals surface area contributed by atoms with Crippen LogP contribution in [0.5, 0.6) is 0 Å². The third-order valence-electron chi connectivity index (χ3n) is 7.46. The summed E-state index contributed by atoms with van der Waals surface area (Å²) in [5.41, 5.74) is 11.3. The van der Waals surface area contributed by atoms with Gasteiger partial charge in [-0.1, -0.05) is 42.0 Å². The van der Waals surface area contributed by atoms with Gasteiger partial charge in [0, 0.05) is 43.2 Å². The largest absolute Gasteiger partial charge is 2.00 e. The molecule has 0 spiro atoms. The summed E-state index contributed by atoms with van der Waals surface area (Å²) in [7, 11) is 2.02. The van der Waals surface area contributed by atoms with E-state index in [-0.39, 0.29) is 27.9 Å². The molecule has 182 valence electrons. The summed E-state index contributed by atoms with van der Waals surface area (Å²) in [4.78, 5) is 7.07. The molecule has 7 heteroatoms. The van der Waals surface area contributed by atoms with Crippen LogP contribution >= 0.6 is 0 Å². The summed E-state index contributed by atoms with van der Waals surface area (Å²) >= 11 is 0. The second kappa shape index (κ2) is 8.71. The van der Waals surface area contributed by atoms with E-state index in [1.165, 1.54) is 33.6 Å². The first kappa shape index (κ1) is 23.0. The fourth-order valence-electron chi connectivity index (χ4n) is 5.84. The van der Waals surface area contributed by atoms with Crippen molar-refractivity contribution in [1.82, 2.24) is 19.3 Å². The fourth-order valence-corrected chi connectivity index (χ4v) is 5.84. The molecule has 0 unspecified atom stereocenters. The molecule has 0 amide bonds. The Morgan fingerprint density at radius 2 is 1.37 bits per heavy atom. The van der Waals surface area contributed by atoms with Crippen LogP contribution in [-0.2, 0) is 28.1 Å². The zero-order valence-corrected chi connectivity index (χ0v) is 22.7. The molecule has 8 rings (SSSR count). The summed E-state index contributed by atoms with van der Waals surface area (Å²) in [6.07, 6.45) is 7.57. The van der Waals surface area contributed by atoms with Gasteiger partial charge in [-0.25, -0.2) is 0 Å². The smallest absolute Gasteiger partial charge is 0.381 e. The first-order valence-corrected chi connectivity index (χ1v) is 12.4. The molecule has 0 N–H and O–H groups in total. The van der Waals surface area contributed by atoms with Crippen molar-refractivity contribution in [2.45, 2.75) is 0 Å². The monoisotopic (exact) mass is 668 g/mol. The molecule has 2 aliphatic rings. The summed E-state index contributed by atoms with van der Waals surface area (Å²) < 4.78 is 3.91. The van der Waals surface area contributed by atoms with Crippen molar-refractivity contribution < 1.29 is 21.1 Å². The van der Waals surface area contributed by atoms with Crippen LogP contribution in [0.4, 0.5) is 11.4 Å². The van der Waals surface area contributed by atoms with Crippen molar-refractivity contribution in [2.75, 3.05) is 4.81 Å². The molecule has 0 atom stereocenters. The number of aromatic nitrogens is 4. The summed E-state index contributed by atoms with van der Waals surface area (Å²) in [6.45, 7) is -0.0921. The second-order valence-corrected chi connectivity index (χ2v) is 9.49. The van der Waals surface area contributed by atoms with E-state index in [9.17, 15) is 0 Å². The fraction of sp³-hybridized carbons (Fsp3) is 0.0323. The molecule has 0 bridgehead atoms. The number of para-hydroxylation sites is 2. The number of aryl methyl sites for hydroxylation is 1. The Hall–Kier alpha value is -4.15. The summed E-state index contributed by atoms with van der Waals surface area (Å²) in [5, 5.41) is 4.47. The third kappa shape index (κ3) is 3.23. The molecule has 0 aliphatic carbocycles. The summed E-state index contributed by atoms with van der Waals surface area (Å²) in [6, 6.07) is 35.5. The molecule has 38 heavy (non-hydrogen) atoms. The Morgan fingerprint density at radius 1 is 0.684 bits per heavy atom. The number of hydrogen-bond acceptors (Lipinski definition) is 3. The molecular formula is C31H20BN5Pt. The average molecular weight is 668 g/mol. The number of anilines is 2. The molecule has 2 aromatic heterocycles. The molecule has 5 nitrogen and oxygen atoms in total. The van der Waals surface area contributed by atoms with Crippen LogP contribution in [0.2, 0.25) is 0 Å². The predicted octanol–water partition coefficient (Wildman–Crippen LogP) is 4.78. The van der Waals surface area contributed by atoms with Crippen molar-refractivity contribution in [1.29, 1.82) is 0 Å². The van der Waals surface area contributed by atoms with Gasteiger partial charge in [0.15, 0.2) is 0 Å². The molecule has 2 aliphatic heterocycles. The van der Waals surface area contributed by atoms with Crippen LogP contribution in [0.25, 0.3) is 39.3 Å². The summed E-state index contributed by atoms with van der Waals surface area (Å²) in [5.74, 6) is 0.902. The quantitative estimate of drug-likeness (QED) is 0.197. The Labute approximate surface area is 235 Å². The maximum Gasteiger partial charge on any atom is 2.00 e. The first-order valence-electron chi connectivity index (χ1n) is 12.4. The van der Waals surface area contributed by atoms with Gasteiger partial charge in [-0.2, -0.15) is 22.7 Å². The van der Waals surface area contributed by atoms with Gasteiger partial charge in [0.1, 0.15) is 0 Å². The van der Waals surface area contributed by atoms with Crippen molar-refractivity contribution in [3.8, 4) is 39.3 Å². The van der Waals surface area contributed by atoms with Crippen molar-refractivity contribution >= 4 is 29.1 Å². The van der Waals surface area contributed by atoms with Gasteiger partial charge in [0.05, 0.1) is 5.82 Å². The van der Waals surface area contributed by atoms with Gasteiger partial charge < -0.3 is 9.38 Å². The maximum atomic E-state index is 4.61. The van der Waals surface area contributed by atoms with E-state index < -0.39 is 0 Å². The Bertz CT molecular complexity index is 1820.